The maximum absolute atomic E-state index is 12.4. The highest BCUT2D eigenvalue weighted by molar-refractivity contribution is 9.10. The minimum Gasteiger partial charge on any atom is -0.497 e. The number of carbonyl (C=O) groups excluding carboxylic acids is 1. The SMILES string of the molecule is COc1ccc(Br)c(C(=O)N(C)CC2CC(Cl)C2)c1. The minimum absolute atomic E-state index is 0.00352. The molecule has 1 aliphatic carbocycles. The van der Waals surface area contributed by atoms with E-state index in [0.29, 0.717) is 17.2 Å². The molecule has 1 aromatic rings. The largest absolute Gasteiger partial charge is 0.497 e. The first-order chi connectivity index (χ1) is 9.01. The third-order valence-electron chi connectivity index (χ3n) is 3.46. The highest BCUT2D eigenvalue weighted by Crippen LogP contribution is 2.33. The van der Waals surface area contributed by atoms with Crippen LogP contribution in [-0.2, 0) is 0 Å². The number of benzene rings is 1. The number of hydrogen-bond donors (Lipinski definition) is 0. The molecule has 1 aromatic carbocycles. The van der Waals surface area contributed by atoms with Crippen LogP contribution in [0.4, 0.5) is 0 Å². The Kier molecular flexibility index (Phi) is 4.74. The van der Waals surface area contributed by atoms with Crippen LogP contribution < -0.4 is 4.74 Å². The van der Waals surface area contributed by atoms with Crippen molar-refractivity contribution in [2.75, 3.05) is 20.7 Å². The van der Waals surface area contributed by atoms with Crippen LogP contribution >= 0.6 is 27.5 Å². The standard InChI is InChI=1S/C14H17BrClNO2/c1-17(8-9-5-10(16)6-9)14(18)12-7-11(19-2)3-4-13(12)15/h3-4,7,9-10H,5-6,8H2,1-2H3. The highest BCUT2D eigenvalue weighted by atomic mass is 79.9. The molecule has 19 heavy (non-hydrogen) atoms. The van der Waals surface area contributed by atoms with Gasteiger partial charge >= 0.3 is 0 Å². The van der Waals surface area contributed by atoms with Crippen LogP contribution in [-0.4, -0.2) is 36.9 Å². The Morgan fingerprint density at radius 3 is 2.79 bits per heavy atom. The molecule has 1 fully saturated rings. The first-order valence-electron chi connectivity index (χ1n) is 6.24. The van der Waals surface area contributed by atoms with Crippen molar-refractivity contribution < 1.29 is 9.53 Å². The van der Waals surface area contributed by atoms with E-state index in [1.165, 1.54) is 0 Å². The average molecular weight is 347 g/mol. The van der Waals surface area contributed by atoms with Crippen molar-refractivity contribution in [1.29, 1.82) is 0 Å². The number of halogens is 2. The molecular weight excluding hydrogens is 330 g/mol. The van der Waals surface area contributed by atoms with Gasteiger partial charge < -0.3 is 9.64 Å². The number of ether oxygens (including phenoxy) is 1. The minimum atomic E-state index is 0.00352. The number of nitrogens with zero attached hydrogens (tertiary/aromatic N) is 1. The van der Waals surface area contributed by atoms with E-state index < -0.39 is 0 Å². The number of hydrogen-bond acceptors (Lipinski definition) is 2. The summed E-state index contributed by atoms with van der Waals surface area (Å²) >= 11 is 9.37. The number of alkyl halides is 1. The number of rotatable bonds is 4. The molecule has 0 heterocycles. The van der Waals surface area contributed by atoms with Crippen LogP contribution in [0, 0.1) is 5.92 Å². The molecule has 1 aliphatic rings. The van der Waals surface area contributed by atoms with Crippen molar-refractivity contribution in [2.45, 2.75) is 18.2 Å². The molecule has 0 saturated heterocycles. The van der Waals surface area contributed by atoms with Crippen LogP contribution in [0.25, 0.3) is 0 Å². The van der Waals surface area contributed by atoms with E-state index in [2.05, 4.69) is 15.9 Å². The van der Waals surface area contributed by atoms with Crippen LogP contribution in [0.1, 0.15) is 23.2 Å². The lowest BCUT2D eigenvalue weighted by Crippen LogP contribution is -2.38. The number of carbonyl (C=O) groups is 1. The molecule has 3 nitrogen and oxygen atoms in total. The highest BCUT2D eigenvalue weighted by Gasteiger charge is 2.29. The van der Waals surface area contributed by atoms with E-state index in [0.717, 1.165) is 23.9 Å². The summed E-state index contributed by atoms with van der Waals surface area (Å²) in [7, 11) is 3.42. The second kappa shape index (κ2) is 6.14. The van der Waals surface area contributed by atoms with Crippen LogP contribution in [0.5, 0.6) is 5.75 Å². The fourth-order valence-corrected chi connectivity index (χ4v) is 3.19. The van der Waals surface area contributed by atoms with Crippen molar-refractivity contribution in [3.05, 3.63) is 28.2 Å². The third-order valence-corrected chi connectivity index (χ3v) is 4.51. The molecule has 2 rings (SSSR count). The van der Waals surface area contributed by atoms with Crippen LogP contribution in [0.3, 0.4) is 0 Å². The van der Waals surface area contributed by atoms with Gasteiger partial charge in [-0.05, 0) is 52.9 Å². The molecule has 0 atom stereocenters. The second-order valence-corrected chi connectivity index (χ2v) is 6.44. The zero-order chi connectivity index (χ0) is 14.0. The van der Waals surface area contributed by atoms with Crippen LogP contribution in [0.15, 0.2) is 22.7 Å². The zero-order valence-corrected chi connectivity index (χ0v) is 13.4. The molecule has 0 radical (unpaired) electrons. The van der Waals surface area contributed by atoms with E-state index in [1.54, 1.807) is 18.1 Å². The Bertz CT molecular complexity index is 475. The van der Waals surface area contributed by atoms with Gasteiger partial charge in [0.25, 0.3) is 5.91 Å². The zero-order valence-electron chi connectivity index (χ0n) is 11.0. The Balaban J connectivity index is 2.05. The van der Waals surface area contributed by atoms with Crippen molar-refractivity contribution in [3.63, 3.8) is 0 Å². The van der Waals surface area contributed by atoms with Gasteiger partial charge in [0.05, 0.1) is 12.7 Å². The van der Waals surface area contributed by atoms with Gasteiger partial charge in [0.1, 0.15) is 5.75 Å². The maximum atomic E-state index is 12.4. The van der Waals surface area contributed by atoms with E-state index >= 15 is 0 Å². The summed E-state index contributed by atoms with van der Waals surface area (Å²) in [6.45, 7) is 0.756. The molecule has 1 amide bonds. The summed E-state index contributed by atoms with van der Waals surface area (Å²) in [5, 5.41) is 0.289. The summed E-state index contributed by atoms with van der Waals surface area (Å²) in [6.07, 6.45) is 2.00. The molecule has 104 valence electrons. The van der Waals surface area contributed by atoms with Gasteiger partial charge in [-0.15, -0.1) is 11.6 Å². The van der Waals surface area contributed by atoms with E-state index in [-0.39, 0.29) is 11.3 Å². The maximum Gasteiger partial charge on any atom is 0.254 e. The van der Waals surface area contributed by atoms with E-state index in [4.69, 9.17) is 16.3 Å². The summed E-state index contributed by atoms with van der Waals surface area (Å²) in [4.78, 5) is 14.2. The molecule has 0 aliphatic heterocycles. The smallest absolute Gasteiger partial charge is 0.254 e. The van der Waals surface area contributed by atoms with Gasteiger partial charge in [-0.3, -0.25) is 4.79 Å². The number of amides is 1. The Morgan fingerprint density at radius 2 is 2.21 bits per heavy atom. The van der Waals surface area contributed by atoms with Gasteiger partial charge in [-0.1, -0.05) is 0 Å². The average Bonchev–Trinajstić information content (AvgIpc) is 2.36. The van der Waals surface area contributed by atoms with Crippen molar-refractivity contribution >= 4 is 33.4 Å². The van der Waals surface area contributed by atoms with E-state index in [9.17, 15) is 4.79 Å². The fourth-order valence-electron chi connectivity index (χ4n) is 2.27. The van der Waals surface area contributed by atoms with Crippen molar-refractivity contribution in [3.8, 4) is 5.75 Å². The monoisotopic (exact) mass is 345 g/mol. The summed E-state index contributed by atoms with van der Waals surface area (Å²) < 4.78 is 5.94. The molecule has 0 bridgehead atoms. The normalized spacial score (nSPS) is 21.7. The summed E-state index contributed by atoms with van der Waals surface area (Å²) in [6, 6.07) is 5.41. The van der Waals surface area contributed by atoms with Crippen molar-refractivity contribution in [2.24, 2.45) is 5.92 Å². The number of methoxy groups -OCH3 is 1. The molecule has 0 spiro atoms. The lowest BCUT2D eigenvalue weighted by molar-refractivity contribution is 0.0745. The molecule has 0 aromatic heterocycles. The molecule has 0 unspecified atom stereocenters. The summed E-state index contributed by atoms with van der Waals surface area (Å²) in [5.74, 6) is 1.22. The lowest BCUT2D eigenvalue weighted by atomic mass is 9.84. The predicted octanol–water partition coefficient (Wildman–Crippen LogP) is 3.55. The third kappa shape index (κ3) is 3.42. The topological polar surface area (TPSA) is 29.5 Å². The van der Waals surface area contributed by atoms with Gasteiger partial charge in [-0.2, -0.15) is 0 Å². The molecular formula is C14H17BrClNO2. The molecule has 5 heteroatoms. The quantitative estimate of drug-likeness (QED) is 0.780. The first-order valence-corrected chi connectivity index (χ1v) is 7.47. The van der Waals surface area contributed by atoms with Gasteiger partial charge in [-0.25, -0.2) is 0 Å². The lowest BCUT2D eigenvalue weighted by Gasteiger charge is -2.34. The Morgan fingerprint density at radius 1 is 1.53 bits per heavy atom. The molecule has 1 saturated carbocycles. The van der Waals surface area contributed by atoms with Crippen LogP contribution in [0.2, 0.25) is 0 Å². The van der Waals surface area contributed by atoms with Crippen molar-refractivity contribution in [1.82, 2.24) is 4.90 Å². The Hall–Kier alpha value is -0.740. The van der Waals surface area contributed by atoms with E-state index in [1.807, 2.05) is 19.2 Å². The van der Waals surface area contributed by atoms with Gasteiger partial charge in [0, 0.05) is 23.4 Å². The molecule has 0 N–H and O–H groups in total. The second-order valence-electron chi connectivity index (χ2n) is 4.97. The van der Waals surface area contributed by atoms with Gasteiger partial charge in [0.2, 0.25) is 0 Å². The van der Waals surface area contributed by atoms with Gasteiger partial charge in [0.15, 0.2) is 0 Å². The first kappa shape index (κ1) is 14.7. The summed E-state index contributed by atoms with van der Waals surface area (Å²) in [5.41, 5.74) is 0.628. The Labute approximate surface area is 127 Å². The fraction of sp³-hybridized carbons (Fsp3) is 0.500. The predicted molar refractivity (Wildman–Crippen MR) is 80.0 cm³/mol.